The summed E-state index contributed by atoms with van der Waals surface area (Å²) in [5.74, 6) is -2.31. The van der Waals surface area contributed by atoms with E-state index in [0.29, 0.717) is 31.4 Å². The number of carbonyl (C=O) groups is 3. The number of hydrogen-bond donors (Lipinski definition) is 6. The van der Waals surface area contributed by atoms with Crippen molar-refractivity contribution < 1.29 is 24.4 Å². The smallest absolute Gasteiger partial charge is 0.426 e. The number of halogens is 1. The first-order chi connectivity index (χ1) is 18.3. The Kier molecular flexibility index (Phi) is 12.7. The first-order valence-corrected chi connectivity index (χ1v) is 12.7. The molecule has 1 heterocycles. The lowest BCUT2D eigenvalue weighted by Gasteiger charge is -2.27. The van der Waals surface area contributed by atoms with Gasteiger partial charge in [-0.2, -0.15) is 0 Å². The Morgan fingerprint density at radius 1 is 1.03 bits per heavy atom. The van der Waals surface area contributed by atoms with E-state index in [9.17, 15) is 24.4 Å². The van der Waals surface area contributed by atoms with Crippen LogP contribution < -0.4 is 22.1 Å². The molecule has 0 bridgehead atoms. The first kappa shape index (κ1) is 31.6. The summed E-state index contributed by atoms with van der Waals surface area (Å²) in [6.45, 7) is 0.703. The third kappa shape index (κ3) is 9.58. The number of benzene rings is 2. The Hall–Kier alpha value is -3.61. The second kappa shape index (κ2) is 15.7. The number of aliphatic imine (C=N–C) groups is 1. The van der Waals surface area contributed by atoms with Gasteiger partial charge in [-0.3, -0.25) is 19.4 Å². The molecule has 1 saturated heterocycles. The predicted octanol–water partition coefficient (Wildman–Crippen LogP) is -0.00910. The molecule has 1 unspecified atom stereocenters. The predicted molar refractivity (Wildman–Crippen MR) is 152 cm³/mol. The van der Waals surface area contributed by atoms with Gasteiger partial charge in [0.1, 0.15) is 12.1 Å². The number of likely N-dealkylation sites (tertiary alicyclic amines) is 1. The Labute approximate surface area is 234 Å². The molecule has 0 aliphatic carbocycles. The van der Waals surface area contributed by atoms with Crippen molar-refractivity contribution in [1.82, 2.24) is 15.5 Å². The summed E-state index contributed by atoms with van der Waals surface area (Å²) in [7, 11) is -1.82. The van der Waals surface area contributed by atoms with E-state index in [1.807, 2.05) is 36.4 Å². The van der Waals surface area contributed by atoms with Crippen LogP contribution in [0.3, 0.4) is 0 Å². The van der Waals surface area contributed by atoms with Crippen LogP contribution in [0.15, 0.2) is 65.7 Å². The molecule has 1 fully saturated rings. The maximum Gasteiger partial charge on any atom is 0.475 e. The number of guanidine groups is 1. The minimum atomic E-state index is -1.82. The highest BCUT2D eigenvalue weighted by Crippen LogP contribution is 2.21. The lowest BCUT2D eigenvalue weighted by molar-refractivity contribution is -0.131. The van der Waals surface area contributed by atoms with Crippen molar-refractivity contribution in [3.63, 3.8) is 0 Å². The molecule has 8 N–H and O–H groups in total. The van der Waals surface area contributed by atoms with Crippen molar-refractivity contribution in [2.45, 2.75) is 50.1 Å². The molecule has 1 aliphatic heterocycles. The molecule has 3 atom stereocenters. The topological polar surface area (TPSA) is 183 Å². The summed E-state index contributed by atoms with van der Waals surface area (Å²) in [5, 5.41) is 25.1. The highest BCUT2D eigenvalue weighted by molar-refractivity contribution is 6.43. The van der Waals surface area contributed by atoms with E-state index in [-0.39, 0.29) is 43.7 Å². The van der Waals surface area contributed by atoms with Crippen molar-refractivity contribution >= 4 is 43.2 Å². The first-order valence-electron chi connectivity index (χ1n) is 12.7. The van der Waals surface area contributed by atoms with Gasteiger partial charge in [0.15, 0.2) is 5.96 Å². The van der Waals surface area contributed by atoms with Gasteiger partial charge < -0.3 is 37.0 Å². The van der Waals surface area contributed by atoms with Crippen LogP contribution in [0.25, 0.3) is 0 Å². The monoisotopic (exact) mass is 558 g/mol. The average molecular weight is 559 g/mol. The third-order valence-corrected chi connectivity index (χ3v) is 6.41. The summed E-state index contributed by atoms with van der Waals surface area (Å²) in [4.78, 5) is 45.1. The van der Waals surface area contributed by atoms with Gasteiger partial charge in [-0.25, -0.2) is 0 Å². The zero-order chi connectivity index (χ0) is 27.5. The van der Waals surface area contributed by atoms with Crippen molar-refractivity contribution in [3.05, 3.63) is 71.8 Å². The molecule has 39 heavy (non-hydrogen) atoms. The minimum Gasteiger partial charge on any atom is -0.426 e. The second-order valence-corrected chi connectivity index (χ2v) is 9.25. The average Bonchev–Trinajstić information content (AvgIpc) is 3.40. The van der Waals surface area contributed by atoms with Crippen LogP contribution in [-0.2, 0) is 16.0 Å². The van der Waals surface area contributed by atoms with E-state index >= 15 is 0 Å². The highest BCUT2D eigenvalue weighted by atomic mass is 35.5. The van der Waals surface area contributed by atoms with Crippen molar-refractivity contribution in [2.24, 2.45) is 16.5 Å². The molecule has 11 nitrogen and oxygen atoms in total. The van der Waals surface area contributed by atoms with Crippen LogP contribution in [0.2, 0.25) is 0 Å². The van der Waals surface area contributed by atoms with E-state index in [1.54, 1.807) is 24.3 Å². The lowest BCUT2D eigenvalue weighted by atomic mass is 9.76. The van der Waals surface area contributed by atoms with Crippen LogP contribution in [0.4, 0.5) is 0 Å². The number of rotatable bonds is 12. The van der Waals surface area contributed by atoms with E-state index in [4.69, 9.17) is 11.5 Å². The molecule has 0 aromatic heterocycles. The third-order valence-electron chi connectivity index (χ3n) is 6.41. The van der Waals surface area contributed by atoms with E-state index < -0.39 is 37.0 Å². The van der Waals surface area contributed by atoms with Crippen LogP contribution >= 0.6 is 12.4 Å². The molecule has 0 spiro atoms. The van der Waals surface area contributed by atoms with Crippen molar-refractivity contribution in [2.75, 3.05) is 13.1 Å². The maximum atomic E-state index is 13.4. The number of hydrogen-bond acceptors (Lipinski definition) is 6. The zero-order valence-electron chi connectivity index (χ0n) is 21.6. The van der Waals surface area contributed by atoms with Crippen LogP contribution in [0.1, 0.15) is 41.6 Å². The van der Waals surface area contributed by atoms with Crippen LogP contribution in [0.5, 0.6) is 0 Å². The van der Waals surface area contributed by atoms with Gasteiger partial charge in [-0.15, -0.1) is 12.4 Å². The number of nitrogens with zero attached hydrogens (tertiary/aromatic N) is 2. The van der Waals surface area contributed by atoms with Crippen LogP contribution in [-0.4, -0.2) is 76.9 Å². The van der Waals surface area contributed by atoms with E-state index in [2.05, 4.69) is 15.6 Å². The van der Waals surface area contributed by atoms with E-state index in [1.165, 1.54) is 4.90 Å². The molecule has 210 valence electrons. The maximum absolute atomic E-state index is 13.4. The van der Waals surface area contributed by atoms with E-state index in [0.717, 1.165) is 5.56 Å². The summed E-state index contributed by atoms with van der Waals surface area (Å²) in [5.41, 5.74) is 11.9. The van der Waals surface area contributed by atoms with Gasteiger partial charge in [-0.1, -0.05) is 48.5 Å². The molecule has 3 amide bonds. The normalized spacial score (nSPS) is 15.8. The molecular weight excluding hydrogens is 523 g/mol. The fourth-order valence-electron chi connectivity index (χ4n) is 4.45. The van der Waals surface area contributed by atoms with Crippen molar-refractivity contribution in [1.29, 1.82) is 0 Å². The molecule has 0 radical (unpaired) electrons. The molecule has 3 rings (SSSR count). The van der Waals surface area contributed by atoms with Crippen molar-refractivity contribution in [3.8, 4) is 0 Å². The highest BCUT2D eigenvalue weighted by Gasteiger charge is 2.37. The van der Waals surface area contributed by atoms with Gasteiger partial charge in [0, 0.05) is 25.1 Å². The zero-order valence-corrected chi connectivity index (χ0v) is 22.4. The Balaban J connectivity index is 0.00000533. The Morgan fingerprint density at radius 2 is 1.67 bits per heavy atom. The standard InChI is InChI=1S/C26H35BN6O5.ClH/c28-26(29)30-15-7-14-22(27(37)38)32-23(34)20(17-18-9-3-1-4-10-18)31-24(35)21-13-8-16-33(21)25(36)19-11-5-2-6-12-19;/h1-6,9-12,20-22,37-38H,7-8,13-17H2,(H,31,35)(H,32,34)(H4,28,29,30);1H/t20-,21-,22?;/m0./s1. The lowest BCUT2D eigenvalue weighted by Crippen LogP contribution is -2.57. The van der Waals surface area contributed by atoms with Gasteiger partial charge in [0.05, 0.1) is 5.94 Å². The molecule has 2 aromatic rings. The molecule has 13 heteroatoms. The SMILES string of the molecule is Cl.NC(N)=NCCCC(NC(=O)[C@H](Cc1ccccc1)NC(=O)[C@@H]1CCCN1C(=O)c1ccccc1)B(O)O. The summed E-state index contributed by atoms with van der Waals surface area (Å²) in [6.07, 6.45) is 1.93. The molecule has 1 aliphatic rings. The fraction of sp³-hybridized carbons (Fsp3) is 0.385. The van der Waals surface area contributed by atoms with Gasteiger partial charge in [-0.05, 0) is 43.4 Å². The van der Waals surface area contributed by atoms with Gasteiger partial charge >= 0.3 is 7.12 Å². The summed E-state index contributed by atoms with van der Waals surface area (Å²) >= 11 is 0. The quantitative estimate of drug-likeness (QED) is 0.0916. The second-order valence-electron chi connectivity index (χ2n) is 9.25. The Morgan fingerprint density at radius 3 is 2.28 bits per heavy atom. The number of carbonyl (C=O) groups excluding carboxylic acids is 3. The molecule has 2 aromatic carbocycles. The number of amides is 3. The molecular formula is C26H36BClN6O5. The van der Waals surface area contributed by atoms with Gasteiger partial charge in [0.25, 0.3) is 5.91 Å². The Bertz CT molecular complexity index is 1100. The number of nitrogens with one attached hydrogen (secondary N) is 2. The fourth-order valence-corrected chi connectivity index (χ4v) is 4.45. The minimum absolute atomic E-state index is 0. The largest absolute Gasteiger partial charge is 0.475 e. The summed E-state index contributed by atoms with van der Waals surface area (Å²) < 4.78 is 0. The number of nitrogens with two attached hydrogens (primary N) is 2. The summed E-state index contributed by atoms with van der Waals surface area (Å²) in [6, 6.07) is 16.2. The molecule has 0 saturated carbocycles. The van der Waals surface area contributed by atoms with Gasteiger partial charge in [0.2, 0.25) is 11.8 Å². The van der Waals surface area contributed by atoms with Crippen LogP contribution in [0, 0.1) is 0 Å².